The van der Waals surface area contributed by atoms with Crippen molar-refractivity contribution >= 4 is 5.97 Å². The van der Waals surface area contributed by atoms with E-state index in [-0.39, 0.29) is 5.69 Å². The molecule has 0 amide bonds. The van der Waals surface area contributed by atoms with E-state index in [2.05, 4.69) is 5.10 Å². The molecular formula is C13H11F3N2O2. The molecule has 0 aliphatic rings. The van der Waals surface area contributed by atoms with Gasteiger partial charge < -0.3 is 5.11 Å². The Balaban J connectivity index is 2.43. The number of carboxylic acid groups (broad SMARTS) is 1. The third-order valence-electron chi connectivity index (χ3n) is 2.81. The van der Waals surface area contributed by atoms with Crippen molar-refractivity contribution < 1.29 is 23.1 Å². The molecule has 0 radical (unpaired) electrons. The summed E-state index contributed by atoms with van der Waals surface area (Å²) in [5, 5.41) is 12.8. The number of benzene rings is 1. The van der Waals surface area contributed by atoms with Crippen LogP contribution in [0, 0.1) is 0 Å². The number of rotatable bonds is 3. The molecule has 0 bridgehead atoms. The van der Waals surface area contributed by atoms with Crippen LogP contribution in [0.1, 0.15) is 23.0 Å². The summed E-state index contributed by atoms with van der Waals surface area (Å²) < 4.78 is 38.9. The van der Waals surface area contributed by atoms with Crippen LogP contribution in [0.3, 0.4) is 0 Å². The van der Waals surface area contributed by atoms with Crippen molar-refractivity contribution in [1.82, 2.24) is 9.78 Å². The Morgan fingerprint density at radius 2 is 1.90 bits per heavy atom. The van der Waals surface area contributed by atoms with Gasteiger partial charge in [-0.2, -0.15) is 18.3 Å². The van der Waals surface area contributed by atoms with Crippen LogP contribution < -0.4 is 0 Å². The van der Waals surface area contributed by atoms with Crippen molar-refractivity contribution in [1.29, 1.82) is 0 Å². The van der Waals surface area contributed by atoms with E-state index in [0.29, 0.717) is 17.8 Å². The molecule has 0 saturated carbocycles. The van der Waals surface area contributed by atoms with Gasteiger partial charge in [-0.1, -0.05) is 12.1 Å². The molecule has 2 rings (SSSR count). The van der Waals surface area contributed by atoms with E-state index in [1.807, 2.05) is 0 Å². The van der Waals surface area contributed by atoms with Gasteiger partial charge in [-0.15, -0.1) is 0 Å². The maximum atomic E-state index is 12.5. The van der Waals surface area contributed by atoms with Gasteiger partial charge in [0.2, 0.25) is 0 Å². The molecule has 0 aliphatic heterocycles. The minimum Gasteiger partial charge on any atom is -0.476 e. The highest BCUT2D eigenvalue weighted by atomic mass is 19.4. The topological polar surface area (TPSA) is 55.1 Å². The second-order valence-electron chi connectivity index (χ2n) is 4.11. The zero-order valence-corrected chi connectivity index (χ0v) is 10.5. The average molecular weight is 284 g/mol. The number of aryl methyl sites for hydroxylation is 1. The van der Waals surface area contributed by atoms with Crippen LogP contribution in [0.2, 0.25) is 0 Å². The van der Waals surface area contributed by atoms with E-state index >= 15 is 0 Å². The zero-order valence-electron chi connectivity index (χ0n) is 10.5. The lowest BCUT2D eigenvalue weighted by Crippen LogP contribution is -2.05. The molecule has 2 aromatic rings. The maximum absolute atomic E-state index is 12.5. The fourth-order valence-corrected chi connectivity index (χ4v) is 1.82. The Morgan fingerprint density at radius 3 is 2.35 bits per heavy atom. The minimum atomic E-state index is -4.39. The minimum absolute atomic E-state index is 0.137. The van der Waals surface area contributed by atoms with Crippen molar-refractivity contribution in [3.8, 4) is 11.3 Å². The SMILES string of the molecule is CCn1nc(C(=O)O)cc1-c1ccc(C(F)(F)F)cc1. The lowest BCUT2D eigenvalue weighted by atomic mass is 10.1. The van der Waals surface area contributed by atoms with Crippen molar-refractivity contribution in [2.24, 2.45) is 0 Å². The second-order valence-corrected chi connectivity index (χ2v) is 4.11. The first-order chi connectivity index (χ1) is 9.32. The fraction of sp³-hybridized carbons (Fsp3) is 0.231. The molecule has 4 nitrogen and oxygen atoms in total. The van der Waals surface area contributed by atoms with Crippen molar-refractivity contribution in [2.45, 2.75) is 19.6 Å². The largest absolute Gasteiger partial charge is 0.476 e. The molecule has 0 aliphatic carbocycles. The second kappa shape index (κ2) is 4.99. The Bertz CT molecular complexity index is 630. The quantitative estimate of drug-likeness (QED) is 0.941. The molecule has 106 valence electrons. The van der Waals surface area contributed by atoms with Crippen LogP contribution in [0.15, 0.2) is 30.3 Å². The van der Waals surface area contributed by atoms with Gasteiger partial charge in [-0.05, 0) is 30.7 Å². The Labute approximate surface area is 112 Å². The molecule has 0 atom stereocenters. The Kier molecular flexibility index (Phi) is 3.52. The van der Waals surface area contributed by atoms with Crippen LogP contribution >= 0.6 is 0 Å². The summed E-state index contributed by atoms with van der Waals surface area (Å²) in [4.78, 5) is 10.9. The summed E-state index contributed by atoms with van der Waals surface area (Å²) in [6.45, 7) is 2.19. The summed E-state index contributed by atoms with van der Waals surface area (Å²) in [7, 11) is 0. The average Bonchev–Trinajstić information content (AvgIpc) is 2.82. The van der Waals surface area contributed by atoms with Gasteiger partial charge in [0, 0.05) is 6.54 Å². The molecule has 1 N–H and O–H groups in total. The highest BCUT2D eigenvalue weighted by molar-refractivity contribution is 5.87. The fourth-order valence-electron chi connectivity index (χ4n) is 1.82. The zero-order chi connectivity index (χ0) is 14.9. The number of nitrogens with zero attached hydrogens (tertiary/aromatic N) is 2. The van der Waals surface area contributed by atoms with Crippen molar-refractivity contribution in [3.05, 3.63) is 41.6 Å². The van der Waals surface area contributed by atoms with Gasteiger partial charge in [0.15, 0.2) is 5.69 Å². The number of hydrogen-bond donors (Lipinski definition) is 1. The number of aromatic carboxylic acids is 1. The first-order valence-electron chi connectivity index (χ1n) is 5.81. The highest BCUT2D eigenvalue weighted by Crippen LogP contribution is 2.31. The molecule has 20 heavy (non-hydrogen) atoms. The molecule has 0 spiro atoms. The Morgan fingerprint density at radius 1 is 1.30 bits per heavy atom. The number of carbonyl (C=O) groups is 1. The summed E-state index contributed by atoms with van der Waals surface area (Å²) in [6.07, 6.45) is -4.39. The van der Waals surface area contributed by atoms with Crippen LogP contribution in [0.4, 0.5) is 13.2 Å². The number of aromatic nitrogens is 2. The molecule has 1 aromatic carbocycles. The van der Waals surface area contributed by atoms with Gasteiger partial charge in [-0.3, -0.25) is 4.68 Å². The predicted octanol–water partition coefficient (Wildman–Crippen LogP) is 3.29. The van der Waals surface area contributed by atoms with Gasteiger partial charge in [-0.25, -0.2) is 4.79 Å². The number of halogens is 3. The standard InChI is InChI=1S/C13H11F3N2O2/c1-2-18-11(7-10(17-18)12(19)20)8-3-5-9(6-4-8)13(14,15)16/h3-7H,2H2,1H3,(H,19,20). The van der Waals surface area contributed by atoms with Crippen LogP contribution in [-0.2, 0) is 12.7 Å². The molecule has 0 fully saturated rings. The monoisotopic (exact) mass is 284 g/mol. The molecule has 0 unspecified atom stereocenters. The van der Waals surface area contributed by atoms with Crippen molar-refractivity contribution in [2.75, 3.05) is 0 Å². The van der Waals surface area contributed by atoms with E-state index in [4.69, 9.17) is 5.11 Å². The third kappa shape index (κ3) is 2.66. The van der Waals surface area contributed by atoms with Crippen LogP contribution in [-0.4, -0.2) is 20.9 Å². The van der Waals surface area contributed by atoms with Crippen LogP contribution in [0.25, 0.3) is 11.3 Å². The van der Waals surface area contributed by atoms with Gasteiger partial charge in [0.05, 0.1) is 11.3 Å². The Hall–Kier alpha value is -2.31. The lowest BCUT2D eigenvalue weighted by molar-refractivity contribution is -0.137. The first kappa shape index (κ1) is 14.1. The molecule has 0 saturated heterocycles. The first-order valence-corrected chi connectivity index (χ1v) is 5.81. The molecule has 7 heteroatoms. The van der Waals surface area contributed by atoms with Crippen molar-refractivity contribution in [3.63, 3.8) is 0 Å². The molecule has 1 aromatic heterocycles. The van der Waals surface area contributed by atoms with Gasteiger partial charge in [0.25, 0.3) is 0 Å². The predicted molar refractivity (Wildman–Crippen MR) is 65.3 cm³/mol. The third-order valence-corrected chi connectivity index (χ3v) is 2.81. The highest BCUT2D eigenvalue weighted by Gasteiger charge is 2.30. The van der Waals surface area contributed by atoms with Crippen LogP contribution in [0.5, 0.6) is 0 Å². The summed E-state index contributed by atoms with van der Waals surface area (Å²) in [5.41, 5.74) is 0.0718. The summed E-state index contributed by atoms with van der Waals surface area (Å²) in [5.74, 6) is -1.18. The molecule has 1 heterocycles. The van der Waals surface area contributed by atoms with E-state index < -0.39 is 17.7 Å². The number of alkyl halides is 3. The summed E-state index contributed by atoms with van der Waals surface area (Å²) >= 11 is 0. The van der Waals surface area contributed by atoms with E-state index in [1.165, 1.54) is 22.9 Å². The van der Waals surface area contributed by atoms with Gasteiger partial charge >= 0.3 is 12.1 Å². The summed E-state index contributed by atoms with van der Waals surface area (Å²) in [6, 6.07) is 5.87. The normalized spacial score (nSPS) is 11.6. The molecular weight excluding hydrogens is 273 g/mol. The maximum Gasteiger partial charge on any atom is 0.416 e. The lowest BCUT2D eigenvalue weighted by Gasteiger charge is -2.08. The number of hydrogen-bond acceptors (Lipinski definition) is 2. The smallest absolute Gasteiger partial charge is 0.416 e. The van der Waals surface area contributed by atoms with Gasteiger partial charge in [0.1, 0.15) is 0 Å². The van der Waals surface area contributed by atoms with E-state index in [0.717, 1.165) is 12.1 Å². The van der Waals surface area contributed by atoms with E-state index in [9.17, 15) is 18.0 Å². The number of carboxylic acids is 1. The van der Waals surface area contributed by atoms with E-state index in [1.54, 1.807) is 6.92 Å².